The predicted octanol–water partition coefficient (Wildman–Crippen LogP) is 0.869. The predicted molar refractivity (Wildman–Crippen MR) is 242 cm³/mol. The highest BCUT2D eigenvalue weighted by Gasteiger charge is 2.54. The molecule has 0 aromatic carbocycles. The number of hydrogen-bond donors (Lipinski definition) is 2. The number of esters is 8. The number of amides is 3. The average molecular weight is 1040 g/mol. The zero-order chi connectivity index (χ0) is 52.9. The Morgan fingerprint density at radius 1 is 0.471 bits per heavy atom. The van der Waals surface area contributed by atoms with Gasteiger partial charge in [0.2, 0.25) is 11.8 Å². The second-order valence-corrected chi connectivity index (χ2v) is 18.8. The highest BCUT2D eigenvalue weighted by Crippen LogP contribution is 2.36. The van der Waals surface area contributed by atoms with Crippen molar-refractivity contribution in [1.29, 1.82) is 0 Å². The molecule has 10 atom stereocenters. The van der Waals surface area contributed by atoms with Crippen LogP contribution in [0, 0.1) is 0 Å². The number of thioether (sulfide) groups is 2. The minimum Gasteiger partial charge on any atom is -0.463 e. The van der Waals surface area contributed by atoms with Crippen molar-refractivity contribution in [3.63, 3.8) is 0 Å². The van der Waals surface area contributed by atoms with Crippen molar-refractivity contribution in [1.82, 2.24) is 15.5 Å². The lowest BCUT2D eigenvalue weighted by atomic mass is 9.99. The summed E-state index contributed by atoms with van der Waals surface area (Å²) in [5, 5.41) is 5.46. The first-order chi connectivity index (χ1) is 32.7. The van der Waals surface area contributed by atoms with Gasteiger partial charge in [0.1, 0.15) is 41.9 Å². The van der Waals surface area contributed by atoms with Gasteiger partial charge < -0.3 is 67.6 Å². The van der Waals surface area contributed by atoms with Gasteiger partial charge in [-0.25, -0.2) is 4.79 Å². The molecule has 2 rings (SSSR count). The van der Waals surface area contributed by atoms with Gasteiger partial charge in [0.25, 0.3) is 0 Å². The third-order valence-electron chi connectivity index (χ3n) is 9.16. The Morgan fingerprint density at radius 3 is 1.09 bits per heavy atom. The second-order valence-electron chi connectivity index (χ2n) is 16.6. The van der Waals surface area contributed by atoms with Crippen molar-refractivity contribution < 1.29 is 105 Å². The molecule has 0 aromatic rings. The summed E-state index contributed by atoms with van der Waals surface area (Å²) in [5.41, 5.74) is -3.19. The van der Waals surface area contributed by atoms with Crippen molar-refractivity contribution in [3.8, 4) is 0 Å². The average Bonchev–Trinajstić information content (AvgIpc) is 3.21. The molecule has 0 spiro atoms. The van der Waals surface area contributed by atoms with Crippen LogP contribution in [0.5, 0.6) is 0 Å². The van der Waals surface area contributed by atoms with Crippen LogP contribution in [-0.2, 0) is 100 Å². The first-order valence-corrected chi connectivity index (χ1v) is 24.1. The maximum atomic E-state index is 13.2. The van der Waals surface area contributed by atoms with Gasteiger partial charge in [-0.1, -0.05) is 0 Å². The van der Waals surface area contributed by atoms with Gasteiger partial charge in [-0.15, -0.1) is 23.5 Å². The van der Waals surface area contributed by atoms with E-state index in [0.29, 0.717) is 0 Å². The lowest BCUT2D eigenvalue weighted by Gasteiger charge is -2.44. The van der Waals surface area contributed by atoms with Crippen molar-refractivity contribution in [2.24, 2.45) is 0 Å². The molecule has 2 aliphatic heterocycles. The van der Waals surface area contributed by atoms with Gasteiger partial charge in [0, 0.05) is 81.6 Å². The summed E-state index contributed by atoms with van der Waals surface area (Å²) < 4.78 is 60.3. The van der Waals surface area contributed by atoms with Gasteiger partial charge in [-0.3, -0.25) is 47.9 Å². The Bertz CT molecular complexity index is 1750. The fourth-order valence-corrected chi connectivity index (χ4v) is 8.76. The molecule has 0 aliphatic carbocycles. The van der Waals surface area contributed by atoms with E-state index in [0.717, 1.165) is 78.9 Å². The topological polar surface area (TPSA) is 317 Å². The summed E-state index contributed by atoms with van der Waals surface area (Å²) >= 11 is 1.75. The van der Waals surface area contributed by atoms with Crippen LogP contribution in [0.15, 0.2) is 0 Å². The van der Waals surface area contributed by atoms with E-state index in [9.17, 15) is 52.7 Å². The van der Waals surface area contributed by atoms with Crippen molar-refractivity contribution in [2.75, 3.05) is 50.9 Å². The van der Waals surface area contributed by atoms with Crippen LogP contribution in [0.2, 0.25) is 0 Å². The number of carbonyl (C=O) groups is 11. The van der Waals surface area contributed by atoms with Crippen molar-refractivity contribution in [3.05, 3.63) is 0 Å². The number of rotatable bonds is 24. The van der Waals surface area contributed by atoms with E-state index >= 15 is 0 Å². The minimum atomic E-state index is -1.40. The van der Waals surface area contributed by atoms with E-state index in [4.69, 9.17) is 52.1 Å². The van der Waals surface area contributed by atoms with Crippen molar-refractivity contribution >= 4 is 89.2 Å². The third-order valence-corrected chi connectivity index (χ3v) is 11.4. The number of carbonyl (C=O) groups excluding carboxylic acids is 11. The molecule has 0 radical (unpaired) electrons. The van der Waals surface area contributed by atoms with E-state index < -0.39 is 144 Å². The highest BCUT2D eigenvalue weighted by atomic mass is 32.2. The van der Waals surface area contributed by atoms with Crippen molar-refractivity contribution in [2.45, 2.75) is 154 Å². The zero-order valence-electron chi connectivity index (χ0n) is 41.1. The van der Waals surface area contributed by atoms with Crippen LogP contribution in [0.25, 0.3) is 0 Å². The van der Waals surface area contributed by atoms with Gasteiger partial charge in [-0.05, 0) is 33.6 Å². The molecule has 3 amide bonds. The quantitative estimate of drug-likeness (QED) is 0.0769. The minimum absolute atomic E-state index is 0.0878. The maximum Gasteiger partial charge on any atom is 0.410 e. The maximum absolute atomic E-state index is 13.2. The summed E-state index contributed by atoms with van der Waals surface area (Å²) in [5.74, 6) is -7.66. The van der Waals surface area contributed by atoms with Crippen LogP contribution < -0.4 is 10.6 Å². The fourth-order valence-electron chi connectivity index (χ4n) is 6.68. The molecule has 0 saturated carbocycles. The normalized spacial score (nSPS) is 24.0. The molecule has 0 bridgehead atoms. The Labute approximate surface area is 413 Å². The zero-order valence-corrected chi connectivity index (χ0v) is 42.7. The molecule has 0 aromatic heterocycles. The Morgan fingerprint density at radius 2 is 0.786 bits per heavy atom. The van der Waals surface area contributed by atoms with Gasteiger partial charge in [0.15, 0.2) is 36.6 Å². The van der Waals surface area contributed by atoms with Gasteiger partial charge >= 0.3 is 53.8 Å². The first kappa shape index (κ1) is 60.7. The highest BCUT2D eigenvalue weighted by molar-refractivity contribution is 8.00. The smallest absolute Gasteiger partial charge is 0.410 e. The molecule has 2 N–H and O–H groups in total. The van der Waals surface area contributed by atoms with Crippen LogP contribution in [0.1, 0.15) is 89.0 Å². The molecular weight excluding hydrogens is 975 g/mol. The Balaban J connectivity index is 2.07. The fraction of sp³-hybridized carbons (Fsp3) is 0.744. The first-order valence-electron chi connectivity index (χ1n) is 22.0. The van der Waals surface area contributed by atoms with Crippen LogP contribution in [0.4, 0.5) is 4.79 Å². The monoisotopic (exact) mass is 1040 g/mol. The lowest BCUT2D eigenvalue weighted by molar-refractivity contribution is -0.237. The Kier molecular flexibility index (Phi) is 25.8. The summed E-state index contributed by atoms with van der Waals surface area (Å²) in [7, 11) is 0. The molecule has 2 aliphatic rings. The standard InChI is InChI=1S/C43H65N3O22S2/c1-22(47)58-18-30-34(60-24(3)49)36(62-26(5)51)38(64-28(7)53)40(66-30)69-20-32(55)44-14-12-16-46(42(57)68-43(9,10)11)17-13-15-45-33(56)21-70-41-39(65-29(8)54)37(63-27(6)52)35(61-25(4)50)31(67-41)19-59-23(2)48/h30-31,34-41H,12-21H2,1-11H3,(H,44,55)(H,45,56)/t30-,31-,34-,35-,36+,37+,38-,39-,40+,41+/m1/s1. The van der Waals surface area contributed by atoms with Crippen LogP contribution in [0.3, 0.4) is 0 Å². The third kappa shape index (κ3) is 23.0. The number of nitrogens with one attached hydrogen (secondary N) is 2. The largest absolute Gasteiger partial charge is 0.463 e. The van der Waals surface area contributed by atoms with E-state index in [-0.39, 0.29) is 50.5 Å². The summed E-state index contributed by atoms with van der Waals surface area (Å²) in [6, 6.07) is 0. The molecule has 0 unspecified atom stereocenters. The van der Waals surface area contributed by atoms with E-state index in [2.05, 4.69) is 10.6 Å². The molecule has 2 fully saturated rings. The summed E-state index contributed by atoms with van der Waals surface area (Å²) in [6.07, 6.45) is -10.7. The molecule has 2 heterocycles. The molecule has 27 heteroatoms. The van der Waals surface area contributed by atoms with E-state index in [1.165, 1.54) is 4.90 Å². The van der Waals surface area contributed by atoms with Crippen LogP contribution in [-0.4, -0.2) is 187 Å². The molecule has 25 nitrogen and oxygen atoms in total. The Hall–Kier alpha value is -5.41. The summed E-state index contributed by atoms with van der Waals surface area (Å²) in [4.78, 5) is 137. The lowest BCUT2D eigenvalue weighted by Crippen LogP contribution is -2.61. The van der Waals surface area contributed by atoms with E-state index in [1.807, 2.05) is 0 Å². The number of nitrogens with zero attached hydrogens (tertiary/aromatic N) is 1. The molecular formula is C43H65N3O22S2. The second kappa shape index (κ2) is 29.7. The molecule has 70 heavy (non-hydrogen) atoms. The van der Waals surface area contributed by atoms with E-state index in [1.54, 1.807) is 20.8 Å². The van der Waals surface area contributed by atoms with Gasteiger partial charge in [-0.2, -0.15) is 0 Å². The van der Waals surface area contributed by atoms with Crippen LogP contribution >= 0.6 is 23.5 Å². The molecule has 396 valence electrons. The number of hydrogen-bond acceptors (Lipinski definition) is 24. The summed E-state index contributed by atoms with van der Waals surface area (Å²) in [6.45, 7) is 13.5. The molecule has 2 saturated heterocycles. The van der Waals surface area contributed by atoms with Gasteiger partial charge in [0.05, 0.1) is 11.5 Å². The number of ether oxygens (including phenoxy) is 11. The SMILES string of the molecule is CC(=O)OC[C@H]1O[C@@H](SCC(=O)NCCCN(CCCNC(=O)CS[C@@H]2O[C@H](COC(C)=O)[C@@H](OC(C)=O)[C@H](OC(C)=O)[C@H]2OC(C)=O)C(=O)OC(C)(C)C)[C@H](OC(C)=O)[C@@H](OC(C)=O)[C@@H]1OC(C)=O.